The molecule has 3 heterocycles. The molecule has 2 aliphatic heterocycles. The molecule has 0 atom stereocenters. The van der Waals surface area contributed by atoms with E-state index in [0.29, 0.717) is 0 Å². The molecule has 0 bridgehead atoms. The van der Waals surface area contributed by atoms with Gasteiger partial charge in [0.25, 0.3) is 6.71 Å². The zero-order chi connectivity index (χ0) is 62.3. The van der Waals surface area contributed by atoms with Gasteiger partial charge in [-0.15, -0.1) is 0 Å². The van der Waals surface area contributed by atoms with Crippen LogP contribution >= 0.6 is 0 Å². The standard InChI is InChI=1S/C86H72BN3Si2/c1-85(2,3)61-49-53-78-74(55-61)75-56-62(86(4,5)6)50-54-79(75)90(78)65-58-82-84-83(59-65)89(64-33-30-46-72(57-64)91(66-34-16-8-17-35-66,67-36-18-9-19-37-67)68-38-20-10-21-39-68)80-48-29-28-47-76(80)87(84)77-52-51-73(60-81(77)88(82)63-31-14-7-15-32-63)92(69-40-22-11-23-41-69,70-42-24-12-25-43-70)71-44-26-13-27-45-71/h7-60H,1-6H3. The summed E-state index contributed by atoms with van der Waals surface area (Å²) in [6, 6.07) is 125. The number of anilines is 6. The molecule has 0 aliphatic carbocycles. The molecule has 92 heavy (non-hydrogen) atoms. The molecule has 442 valence electrons. The summed E-state index contributed by atoms with van der Waals surface area (Å²) < 4.78 is 2.58. The van der Waals surface area contributed by atoms with Gasteiger partial charge in [-0.3, -0.25) is 0 Å². The summed E-state index contributed by atoms with van der Waals surface area (Å²) >= 11 is 0. The first kappa shape index (κ1) is 57.0. The number of fused-ring (bicyclic) bond motifs is 7. The second kappa shape index (κ2) is 22.3. The Morgan fingerprint density at radius 2 is 0.620 bits per heavy atom. The van der Waals surface area contributed by atoms with Crippen LogP contribution in [0.3, 0.4) is 0 Å². The highest BCUT2D eigenvalue weighted by Gasteiger charge is 2.48. The van der Waals surface area contributed by atoms with Crippen LogP contribution in [0.15, 0.2) is 328 Å². The van der Waals surface area contributed by atoms with E-state index in [1.807, 2.05) is 0 Å². The summed E-state index contributed by atoms with van der Waals surface area (Å²) in [5, 5.41) is 13.3. The lowest BCUT2D eigenvalue weighted by molar-refractivity contribution is 0.590. The van der Waals surface area contributed by atoms with Crippen molar-refractivity contribution in [3.8, 4) is 5.69 Å². The highest BCUT2D eigenvalue weighted by molar-refractivity contribution is 7.20. The molecule has 13 aromatic carbocycles. The first-order valence-corrected chi connectivity index (χ1v) is 36.5. The minimum Gasteiger partial charge on any atom is -0.311 e. The molecule has 1 aromatic heterocycles. The Hall–Kier alpha value is -10.2. The molecule has 6 heteroatoms. The SMILES string of the molecule is CC(C)(C)c1ccc2c(c1)c1cc(C(C)(C)C)ccc1n2-c1cc2c3c(c1)N(c1ccccc1)c1cc([Si](c4ccccc4)(c4ccccc4)c4ccccc4)ccc1B3c1ccccc1N2c1cccc([Si](c2ccccc2)(c2ccccc2)c2ccccc2)c1. The van der Waals surface area contributed by atoms with Gasteiger partial charge < -0.3 is 14.4 Å². The maximum absolute atomic E-state index is 3.02. The van der Waals surface area contributed by atoms with Crippen LogP contribution in [0.25, 0.3) is 27.5 Å². The Morgan fingerprint density at radius 3 is 1.05 bits per heavy atom. The molecule has 16 rings (SSSR count). The average molecular weight is 1210 g/mol. The molecule has 0 fully saturated rings. The Balaban J connectivity index is 1.03. The van der Waals surface area contributed by atoms with Crippen molar-refractivity contribution in [3.63, 3.8) is 0 Å². The van der Waals surface area contributed by atoms with E-state index in [0.717, 1.165) is 28.4 Å². The number of rotatable bonds is 11. The molecule has 0 saturated heterocycles. The Kier molecular flexibility index (Phi) is 13.8. The predicted molar refractivity (Wildman–Crippen MR) is 399 cm³/mol. The maximum Gasteiger partial charge on any atom is 0.252 e. The lowest BCUT2D eigenvalue weighted by atomic mass is 9.33. The smallest absolute Gasteiger partial charge is 0.252 e. The number of nitrogens with zero attached hydrogens (tertiary/aromatic N) is 3. The van der Waals surface area contributed by atoms with Gasteiger partial charge >= 0.3 is 0 Å². The van der Waals surface area contributed by atoms with E-state index in [1.54, 1.807) is 0 Å². The van der Waals surface area contributed by atoms with Crippen LogP contribution in [0.1, 0.15) is 52.7 Å². The van der Waals surface area contributed by atoms with E-state index in [1.165, 1.54) is 102 Å². The zero-order valence-electron chi connectivity index (χ0n) is 53.1. The number of hydrogen-bond donors (Lipinski definition) is 0. The third-order valence-electron chi connectivity index (χ3n) is 19.9. The van der Waals surface area contributed by atoms with Gasteiger partial charge in [0.05, 0.1) is 16.7 Å². The van der Waals surface area contributed by atoms with Gasteiger partial charge in [-0.2, -0.15) is 0 Å². The topological polar surface area (TPSA) is 11.4 Å². The lowest BCUT2D eigenvalue weighted by Gasteiger charge is -2.45. The van der Waals surface area contributed by atoms with E-state index in [-0.39, 0.29) is 17.5 Å². The largest absolute Gasteiger partial charge is 0.311 e. The lowest BCUT2D eigenvalue weighted by Crippen LogP contribution is -2.75. The van der Waals surface area contributed by atoms with E-state index in [2.05, 4.69) is 383 Å². The molecule has 2 aliphatic rings. The molecular weight excluding hydrogens is 1140 g/mol. The molecule has 0 amide bonds. The van der Waals surface area contributed by atoms with Gasteiger partial charge in [0.15, 0.2) is 16.1 Å². The summed E-state index contributed by atoms with van der Waals surface area (Å²) in [4.78, 5) is 5.25. The number of aromatic nitrogens is 1. The first-order chi connectivity index (χ1) is 44.9. The van der Waals surface area contributed by atoms with Crippen molar-refractivity contribution in [1.29, 1.82) is 0 Å². The van der Waals surface area contributed by atoms with E-state index in [9.17, 15) is 0 Å². The quantitative estimate of drug-likeness (QED) is 0.0945. The summed E-state index contributed by atoms with van der Waals surface area (Å²) in [6.07, 6.45) is 0. The van der Waals surface area contributed by atoms with Crippen molar-refractivity contribution in [1.82, 2.24) is 4.57 Å². The average Bonchev–Trinajstić information content (AvgIpc) is 0.800. The molecule has 3 nitrogen and oxygen atoms in total. The van der Waals surface area contributed by atoms with Crippen molar-refractivity contribution in [2.45, 2.75) is 52.4 Å². The normalized spacial score (nSPS) is 13.0. The monoisotopic (exact) mass is 1210 g/mol. The van der Waals surface area contributed by atoms with Crippen molar-refractivity contribution in [2.24, 2.45) is 0 Å². The van der Waals surface area contributed by atoms with E-state index < -0.39 is 16.1 Å². The maximum atomic E-state index is 2.63. The van der Waals surface area contributed by atoms with Gasteiger partial charge in [-0.1, -0.05) is 296 Å². The van der Waals surface area contributed by atoms with Crippen molar-refractivity contribution in [3.05, 3.63) is 339 Å². The third-order valence-corrected chi connectivity index (χ3v) is 29.5. The summed E-state index contributed by atoms with van der Waals surface area (Å²) in [5.41, 5.74) is 16.8. The number of hydrogen-bond acceptors (Lipinski definition) is 2. The minimum absolute atomic E-state index is 0.0515. The van der Waals surface area contributed by atoms with E-state index in [4.69, 9.17) is 0 Å². The molecule has 0 N–H and O–H groups in total. The highest BCUT2D eigenvalue weighted by atomic mass is 28.3. The second-order valence-electron chi connectivity index (χ2n) is 27.2. The first-order valence-electron chi connectivity index (χ1n) is 32.5. The fourth-order valence-corrected chi connectivity index (χ4v) is 25.2. The van der Waals surface area contributed by atoms with Gasteiger partial charge in [0.1, 0.15) is 0 Å². The van der Waals surface area contributed by atoms with Crippen LogP contribution < -0.4 is 67.7 Å². The van der Waals surface area contributed by atoms with Gasteiger partial charge in [0, 0.05) is 44.9 Å². The van der Waals surface area contributed by atoms with Crippen LogP contribution in [0.5, 0.6) is 0 Å². The van der Waals surface area contributed by atoms with Gasteiger partial charge in [-0.25, -0.2) is 0 Å². The van der Waals surface area contributed by atoms with E-state index >= 15 is 0 Å². The number of benzene rings is 13. The Bertz CT molecular complexity index is 4770. The van der Waals surface area contributed by atoms with Crippen LogP contribution in [0, 0.1) is 0 Å². The molecule has 14 aromatic rings. The van der Waals surface area contributed by atoms with Crippen molar-refractivity contribution < 1.29 is 0 Å². The third kappa shape index (κ3) is 9.05. The summed E-state index contributed by atoms with van der Waals surface area (Å²) in [6.45, 7) is 13.9. The molecule has 0 spiro atoms. The number of para-hydroxylation sites is 2. The van der Waals surface area contributed by atoms with Crippen LogP contribution in [-0.4, -0.2) is 27.4 Å². The zero-order valence-corrected chi connectivity index (χ0v) is 55.1. The molecule has 0 unspecified atom stereocenters. The Morgan fingerprint density at radius 1 is 0.261 bits per heavy atom. The minimum atomic E-state index is -3.02. The molecular formula is C86H72BN3Si2. The molecule has 0 saturated carbocycles. The van der Waals surface area contributed by atoms with Crippen molar-refractivity contribution >= 4 is 137 Å². The fourth-order valence-electron chi connectivity index (χ4n) is 15.7. The van der Waals surface area contributed by atoms with Gasteiger partial charge in [0.2, 0.25) is 0 Å². The summed E-state index contributed by atoms with van der Waals surface area (Å²) in [7, 11) is -6.00. The second-order valence-corrected chi connectivity index (χ2v) is 34.8. The highest BCUT2D eigenvalue weighted by Crippen LogP contribution is 2.47. The van der Waals surface area contributed by atoms with Crippen LogP contribution in [0.4, 0.5) is 34.1 Å². The Labute approximate surface area is 544 Å². The summed E-state index contributed by atoms with van der Waals surface area (Å²) in [5.74, 6) is 0. The molecule has 0 radical (unpaired) electrons. The fraction of sp³-hybridized carbons (Fsp3) is 0.0930. The predicted octanol–water partition coefficient (Wildman–Crippen LogP) is 14.2. The van der Waals surface area contributed by atoms with Gasteiger partial charge in [-0.05, 0) is 153 Å². The van der Waals surface area contributed by atoms with Crippen molar-refractivity contribution in [2.75, 3.05) is 9.80 Å². The van der Waals surface area contributed by atoms with Crippen LogP contribution in [0.2, 0.25) is 0 Å². The van der Waals surface area contributed by atoms with Crippen LogP contribution in [-0.2, 0) is 10.8 Å².